The second kappa shape index (κ2) is 8.26. The van der Waals surface area contributed by atoms with Gasteiger partial charge in [0.25, 0.3) is 0 Å². The first-order valence-corrected chi connectivity index (χ1v) is 7.28. The number of aromatic nitrogens is 1. The number of ether oxygens (including phenoxy) is 1. The molecule has 0 aliphatic carbocycles. The molecule has 122 valence electrons. The van der Waals surface area contributed by atoms with Gasteiger partial charge in [-0.15, -0.1) is 0 Å². The Hall–Kier alpha value is -2.44. The summed E-state index contributed by atoms with van der Waals surface area (Å²) >= 11 is 0. The van der Waals surface area contributed by atoms with Crippen molar-refractivity contribution < 1.29 is 19.7 Å². The molecule has 0 saturated carbocycles. The minimum absolute atomic E-state index is 0.122. The minimum Gasteiger partial charge on any atom is -0.445 e. The normalized spacial score (nSPS) is 13.2. The number of aliphatic hydroxyl groups is 2. The van der Waals surface area contributed by atoms with E-state index in [2.05, 4.69) is 10.3 Å². The van der Waals surface area contributed by atoms with E-state index in [-0.39, 0.29) is 13.2 Å². The Morgan fingerprint density at radius 3 is 2.70 bits per heavy atom. The zero-order valence-electron chi connectivity index (χ0n) is 12.8. The number of aliphatic hydroxyl groups excluding tert-OH is 2. The lowest BCUT2D eigenvalue weighted by Gasteiger charge is -2.18. The molecule has 0 radical (unpaired) electrons. The van der Waals surface area contributed by atoms with Crippen LogP contribution in [0.2, 0.25) is 0 Å². The number of hydrogen-bond donors (Lipinski definition) is 3. The van der Waals surface area contributed by atoms with Crippen molar-refractivity contribution in [2.24, 2.45) is 0 Å². The number of alkyl carbamates (subject to hydrolysis) is 1. The van der Waals surface area contributed by atoms with E-state index in [0.29, 0.717) is 5.56 Å². The number of nitrogens with zero attached hydrogens (tertiary/aromatic N) is 1. The number of carbonyl (C=O) groups excluding carboxylic acids is 1. The molecule has 2 rings (SSSR count). The zero-order valence-corrected chi connectivity index (χ0v) is 12.8. The van der Waals surface area contributed by atoms with Crippen molar-refractivity contribution in [1.29, 1.82) is 0 Å². The average molecular weight is 316 g/mol. The Balaban J connectivity index is 1.77. The summed E-state index contributed by atoms with van der Waals surface area (Å²) in [4.78, 5) is 15.6. The van der Waals surface area contributed by atoms with Crippen LogP contribution in [0.1, 0.15) is 22.8 Å². The molecule has 0 saturated heterocycles. The smallest absolute Gasteiger partial charge is 0.407 e. The second-order valence-electron chi connectivity index (χ2n) is 5.25. The number of amides is 1. The van der Waals surface area contributed by atoms with Crippen LogP contribution in [0.5, 0.6) is 0 Å². The summed E-state index contributed by atoms with van der Waals surface area (Å²) in [6, 6.07) is 11.0. The van der Waals surface area contributed by atoms with Crippen LogP contribution in [0.3, 0.4) is 0 Å². The first-order chi connectivity index (χ1) is 11.1. The second-order valence-corrected chi connectivity index (χ2v) is 5.25. The van der Waals surface area contributed by atoms with Crippen molar-refractivity contribution in [3.63, 3.8) is 0 Å². The van der Waals surface area contributed by atoms with E-state index in [4.69, 9.17) is 4.74 Å². The summed E-state index contributed by atoms with van der Waals surface area (Å²) in [6.45, 7) is 1.87. The lowest BCUT2D eigenvalue weighted by Crippen LogP contribution is -2.35. The molecule has 2 unspecified atom stereocenters. The largest absolute Gasteiger partial charge is 0.445 e. The van der Waals surface area contributed by atoms with Crippen molar-refractivity contribution in [2.75, 3.05) is 6.54 Å². The van der Waals surface area contributed by atoms with Gasteiger partial charge in [0.1, 0.15) is 18.8 Å². The highest BCUT2D eigenvalue weighted by Crippen LogP contribution is 2.16. The monoisotopic (exact) mass is 316 g/mol. The highest BCUT2D eigenvalue weighted by Gasteiger charge is 2.19. The molecule has 0 aliphatic rings. The molecule has 0 spiro atoms. The van der Waals surface area contributed by atoms with Gasteiger partial charge in [0, 0.05) is 24.5 Å². The van der Waals surface area contributed by atoms with Gasteiger partial charge < -0.3 is 20.3 Å². The molecule has 3 N–H and O–H groups in total. The molecule has 0 bridgehead atoms. The summed E-state index contributed by atoms with van der Waals surface area (Å²) in [5.41, 5.74) is 2.25. The van der Waals surface area contributed by atoms with Gasteiger partial charge in [-0.3, -0.25) is 4.98 Å². The lowest BCUT2D eigenvalue weighted by molar-refractivity contribution is 0.0182. The fraction of sp³-hybridized carbons (Fsp3) is 0.294. The quantitative estimate of drug-likeness (QED) is 0.754. The number of pyridine rings is 1. The maximum absolute atomic E-state index is 11.6. The molecule has 0 fully saturated rings. The van der Waals surface area contributed by atoms with Crippen molar-refractivity contribution in [1.82, 2.24) is 10.3 Å². The summed E-state index contributed by atoms with van der Waals surface area (Å²) in [7, 11) is 0. The van der Waals surface area contributed by atoms with Gasteiger partial charge in [0.2, 0.25) is 0 Å². The number of hydrogen-bond acceptors (Lipinski definition) is 5. The number of benzene rings is 1. The molecule has 6 heteroatoms. The lowest BCUT2D eigenvalue weighted by atomic mass is 10.1. The van der Waals surface area contributed by atoms with Crippen LogP contribution in [-0.4, -0.2) is 33.9 Å². The molecular formula is C17H20N2O4. The average Bonchev–Trinajstić information content (AvgIpc) is 2.58. The molecule has 2 aromatic rings. The van der Waals surface area contributed by atoms with Gasteiger partial charge in [-0.05, 0) is 18.1 Å². The third-order valence-electron chi connectivity index (χ3n) is 3.27. The topological polar surface area (TPSA) is 91.7 Å². The SMILES string of the molecule is Cc1cncc(C(O)C(O)CNC(=O)OCc2ccccc2)c1. The summed E-state index contributed by atoms with van der Waals surface area (Å²) in [5.74, 6) is 0. The minimum atomic E-state index is -1.15. The van der Waals surface area contributed by atoms with Crippen molar-refractivity contribution in [3.05, 3.63) is 65.5 Å². The van der Waals surface area contributed by atoms with Crippen LogP contribution in [0.25, 0.3) is 0 Å². The van der Waals surface area contributed by atoms with Crippen LogP contribution < -0.4 is 5.32 Å². The van der Waals surface area contributed by atoms with Gasteiger partial charge in [-0.1, -0.05) is 36.4 Å². The molecule has 2 atom stereocenters. The van der Waals surface area contributed by atoms with Crippen LogP contribution >= 0.6 is 0 Å². The molecule has 1 aromatic heterocycles. The Labute approximate surface area is 134 Å². The van der Waals surface area contributed by atoms with Crippen molar-refractivity contribution in [3.8, 4) is 0 Å². The maximum atomic E-state index is 11.6. The number of nitrogens with one attached hydrogen (secondary N) is 1. The van der Waals surface area contributed by atoms with Gasteiger partial charge >= 0.3 is 6.09 Å². The molecule has 1 amide bonds. The van der Waals surface area contributed by atoms with Crippen molar-refractivity contribution in [2.45, 2.75) is 25.7 Å². The highest BCUT2D eigenvalue weighted by molar-refractivity contribution is 5.67. The van der Waals surface area contributed by atoms with Crippen molar-refractivity contribution >= 4 is 6.09 Å². The molecule has 1 aromatic carbocycles. The standard InChI is InChI=1S/C17H20N2O4/c1-12-7-14(9-18-8-12)16(21)15(20)10-19-17(22)23-11-13-5-3-2-4-6-13/h2-9,15-16,20-21H,10-11H2,1H3,(H,19,22). The fourth-order valence-electron chi connectivity index (χ4n) is 2.04. The van der Waals surface area contributed by atoms with E-state index in [1.165, 1.54) is 6.20 Å². The number of carbonyl (C=O) groups is 1. The van der Waals surface area contributed by atoms with Crippen LogP contribution in [-0.2, 0) is 11.3 Å². The van der Waals surface area contributed by atoms with Gasteiger partial charge in [0.15, 0.2) is 0 Å². The van der Waals surface area contributed by atoms with Gasteiger partial charge in [-0.25, -0.2) is 4.79 Å². The molecule has 23 heavy (non-hydrogen) atoms. The molecule has 1 heterocycles. The predicted octanol–water partition coefficient (Wildman–Crippen LogP) is 1.71. The van der Waals surface area contributed by atoms with Crippen LogP contribution in [0, 0.1) is 6.92 Å². The first kappa shape index (κ1) is 16.9. The van der Waals surface area contributed by atoms with Gasteiger partial charge in [-0.2, -0.15) is 0 Å². The zero-order chi connectivity index (χ0) is 16.7. The summed E-state index contributed by atoms with van der Waals surface area (Å²) in [5, 5.41) is 22.4. The molecular weight excluding hydrogens is 296 g/mol. The van der Waals surface area contributed by atoms with E-state index >= 15 is 0 Å². The van der Waals surface area contributed by atoms with E-state index < -0.39 is 18.3 Å². The highest BCUT2D eigenvalue weighted by atomic mass is 16.5. The van der Waals surface area contributed by atoms with E-state index in [0.717, 1.165) is 11.1 Å². The Morgan fingerprint density at radius 1 is 1.26 bits per heavy atom. The maximum Gasteiger partial charge on any atom is 0.407 e. The third-order valence-corrected chi connectivity index (χ3v) is 3.27. The summed E-state index contributed by atoms with van der Waals surface area (Å²) < 4.78 is 5.03. The number of aryl methyl sites for hydroxylation is 1. The summed E-state index contributed by atoms with van der Waals surface area (Å²) in [6.07, 6.45) is 0.207. The molecule has 6 nitrogen and oxygen atoms in total. The van der Waals surface area contributed by atoms with Gasteiger partial charge in [0.05, 0.1) is 0 Å². The molecule has 0 aliphatic heterocycles. The first-order valence-electron chi connectivity index (χ1n) is 7.28. The van der Waals surface area contributed by atoms with E-state index in [1.54, 1.807) is 12.3 Å². The van der Waals surface area contributed by atoms with E-state index in [9.17, 15) is 15.0 Å². The predicted molar refractivity (Wildman–Crippen MR) is 84.6 cm³/mol. The Kier molecular flexibility index (Phi) is 6.08. The van der Waals surface area contributed by atoms with Crippen LogP contribution in [0.4, 0.5) is 4.79 Å². The van der Waals surface area contributed by atoms with E-state index in [1.807, 2.05) is 37.3 Å². The Morgan fingerprint density at radius 2 is 2.00 bits per heavy atom. The Bertz CT molecular complexity index is 634. The fourth-order valence-corrected chi connectivity index (χ4v) is 2.04. The third kappa shape index (κ3) is 5.36. The van der Waals surface area contributed by atoms with Crippen LogP contribution in [0.15, 0.2) is 48.8 Å². The number of rotatable bonds is 6.